The van der Waals surface area contributed by atoms with Crippen molar-refractivity contribution in [3.05, 3.63) is 95.2 Å². The van der Waals surface area contributed by atoms with E-state index in [-0.39, 0.29) is 18.1 Å². The van der Waals surface area contributed by atoms with Crippen molar-refractivity contribution in [3.63, 3.8) is 0 Å². The van der Waals surface area contributed by atoms with Gasteiger partial charge in [-0.3, -0.25) is 8.89 Å². The molecule has 0 radical (unpaired) electrons. The standard InChI is InChI=1S/C24H20F4N4O3S/c25-22-13-19(24(26,27)28)5-3-18(22)4-8-23-30-20(15-35-23)14-34-21-6-1-17(2-7-21)16-36(33)12-11-32-10-9-29-31-32/h1-10,13,15H,11-12,14,16H2/b8-4+. The molecule has 0 aliphatic heterocycles. The van der Waals surface area contributed by atoms with Gasteiger partial charge >= 0.3 is 6.18 Å². The third-order valence-electron chi connectivity index (χ3n) is 4.96. The minimum Gasteiger partial charge on any atom is -0.487 e. The Kier molecular flexibility index (Phi) is 7.93. The lowest BCUT2D eigenvalue weighted by Crippen LogP contribution is -2.09. The fourth-order valence-electron chi connectivity index (χ4n) is 3.11. The number of aryl methyl sites for hydroxylation is 1. The summed E-state index contributed by atoms with van der Waals surface area (Å²) in [4.78, 5) is 4.19. The van der Waals surface area contributed by atoms with E-state index < -0.39 is 28.4 Å². The highest BCUT2D eigenvalue weighted by atomic mass is 32.2. The Bertz CT molecular complexity index is 1340. The van der Waals surface area contributed by atoms with E-state index in [0.29, 0.717) is 35.6 Å². The molecule has 0 saturated carbocycles. The number of benzene rings is 2. The molecule has 1 atom stereocenters. The number of halogens is 4. The monoisotopic (exact) mass is 520 g/mol. The summed E-state index contributed by atoms with van der Waals surface area (Å²) >= 11 is 0. The second kappa shape index (κ2) is 11.3. The molecular weight excluding hydrogens is 500 g/mol. The molecule has 0 N–H and O–H groups in total. The van der Waals surface area contributed by atoms with Crippen LogP contribution in [0.15, 0.2) is 65.5 Å². The van der Waals surface area contributed by atoms with Crippen LogP contribution in [0.4, 0.5) is 17.6 Å². The van der Waals surface area contributed by atoms with Crippen LogP contribution < -0.4 is 4.74 Å². The summed E-state index contributed by atoms with van der Waals surface area (Å²) in [6.45, 7) is 0.636. The average molecular weight is 521 g/mol. The molecule has 0 saturated heterocycles. The number of aromatic nitrogens is 4. The summed E-state index contributed by atoms with van der Waals surface area (Å²) in [5, 5.41) is 7.55. The second-order valence-electron chi connectivity index (χ2n) is 7.63. The van der Waals surface area contributed by atoms with Gasteiger partial charge in [0, 0.05) is 40.1 Å². The second-order valence-corrected chi connectivity index (χ2v) is 9.21. The first-order valence-corrected chi connectivity index (χ1v) is 12.1. The van der Waals surface area contributed by atoms with Gasteiger partial charge in [-0.05, 0) is 35.9 Å². The first kappa shape index (κ1) is 25.3. The van der Waals surface area contributed by atoms with Gasteiger partial charge in [0.25, 0.3) is 0 Å². The number of rotatable bonds is 10. The summed E-state index contributed by atoms with van der Waals surface area (Å²) in [6.07, 6.45) is 2.68. The lowest BCUT2D eigenvalue weighted by Gasteiger charge is -2.07. The molecule has 0 bridgehead atoms. The van der Waals surface area contributed by atoms with Crippen molar-refractivity contribution in [1.29, 1.82) is 0 Å². The van der Waals surface area contributed by atoms with Crippen molar-refractivity contribution in [2.75, 3.05) is 5.75 Å². The van der Waals surface area contributed by atoms with Crippen LogP contribution in [0.2, 0.25) is 0 Å². The van der Waals surface area contributed by atoms with Gasteiger partial charge in [0.15, 0.2) is 0 Å². The van der Waals surface area contributed by atoms with E-state index in [2.05, 4.69) is 15.3 Å². The van der Waals surface area contributed by atoms with Crippen LogP contribution in [-0.2, 0) is 35.9 Å². The molecule has 36 heavy (non-hydrogen) atoms. The summed E-state index contributed by atoms with van der Waals surface area (Å²) in [6, 6.07) is 9.47. The van der Waals surface area contributed by atoms with Crippen molar-refractivity contribution in [3.8, 4) is 5.75 Å². The molecule has 2 aromatic carbocycles. The molecule has 0 aliphatic carbocycles. The summed E-state index contributed by atoms with van der Waals surface area (Å²) < 4.78 is 76.7. The lowest BCUT2D eigenvalue weighted by atomic mass is 10.1. The third-order valence-corrected chi connectivity index (χ3v) is 6.25. The largest absolute Gasteiger partial charge is 0.487 e. The Balaban J connectivity index is 1.26. The maximum absolute atomic E-state index is 13.9. The van der Waals surface area contributed by atoms with Crippen LogP contribution >= 0.6 is 0 Å². The molecule has 4 rings (SSSR count). The molecule has 2 aromatic heterocycles. The lowest BCUT2D eigenvalue weighted by molar-refractivity contribution is -0.137. The first-order valence-electron chi connectivity index (χ1n) is 10.7. The minimum atomic E-state index is -4.61. The molecule has 7 nitrogen and oxygen atoms in total. The van der Waals surface area contributed by atoms with Crippen LogP contribution in [0.5, 0.6) is 5.75 Å². The van der Waals surface area contributed by atoms with Gasteiger partial charge in [-0.2, -0.15) is 13.2 Å². The fraction of sp³-hybridized carbons (Fsp3) is 0.208. The topological polar surface area (TPSA) is 83.0 Å². The summed E-state index contributed by atoms with van der Waals surface area (Å²) in [5.41, 5.74) is 0.292. The molecule has 2 heterocycles. The number of ether oxygens (including phenoxy) is 1. The van der Waals surface area contributed by atoms with Crippen molar-refractivity contribution in [2.45, 2.75) is 25.1 Å². The molecular formula is C24H20F4N4O3S. The highest BCUT2D eigenvalue weighted by Crippen LogP contribution is 2.30. The van der Waals surface area contributed by atoms with Crippen molar-refractivity contribution in [1.82, 2.24) is 20.0 Å². The quantitative estimate of drug-likeness (QED) is 0.270. The Hall–Kier alpha value is -3.80. The molecule has 4 aromatic rings. The number of nitrogens with zero attached hydrogens (tertiary/aromatic N) is 4. The van der Waals surface area contributed by atoms with Crippen molar-refractivity contribution < 1.29 is 30.9 Å². The Labute approximate surface area is 205 Å². The highest BCUT2D eigenvalue weighted by Gasteiger charge is 2.30. The van der Waals surface area contributed by atoms with Gasteiger partial charge in [0.2, 0.25) is 5.89 Å². The zero-order chi connectivity index (χ0) is 25.5. The van der Waals surface area contributed by atoms with Crippen molar-refractivity contribution in [2.24, 2.45) is 0 Å². The zero-order valence-corrected chi connectivity index (χ0v) is 19.5. The highest BCUT2D eigenvalue weighted by molar-refractivity contribution is 7.84. The predicted molar refractivity (Wildman–Crippen MR) is 124 cm³/mol. The van der Waals surface area contributed by atoms with Gasteiger partial charge in [-0.25, -0.2) is 9.37 Å². The predicted octanol–water partition coefficient (Wildman–Crippen LogP) is 5.12. The van der Waals surface area contributed by atoms with Gasteiger partial charge < -0.3 is 9.15 Å². The smallest absolute Gasteiger partial charge is 0.416 e. The maximum Gasteiger partial charge on any atom is 0.416 e. The first-order chi connectivity index (χ1) is 17.3. The third kappa shape index (κ3) is 7.11. The Morgan fingerprint density at radius 1 is 1.11 bits per heavy atom. The number of oxazole rings is 1. The Morgan fingerprint density at radius 3 is 2.61 bits per heavy atom. The van der Waals surface area contributed by atoms with Gasteiger partial charge in [-0.1, -0.05) is 23.4 Å². The molecule has 0 aliphatic rings. The summed E-state index contributed by atoms with van der Waals surface area (Å²) in [5.74, 6) is 0.609. The zero-order valence-electron chi connectivity index (χ0n) is 18.7. The molecule has 0 spiro atoms. The van der Waals surface area contributed by atoms with E-state index in [1.807, 2.05) is 12.1 Å². The van der Waals surface area contributed by atoms with E-state index >= 15 is 0 Å². The van der Waals surface area contributed by atoms with Crippen LogP contribution in [-0.4, -0.2) is 29.9 Å². The SMILES string of the molecule is O=S(CCn1ccnn1)Cc1ccc(OCc2coc(/C=C/c3ccc(C(F)(F)F)cc3F)n2)cc1. The molecule has 188 valence electrons. The average Bonchev–Trinajstić information content (AvgIpc) is 3.53. The molecule has 0 amide bonds. The van der Waals surface area contributed by atoms with E-state index in [0.717, 1.165) is 17.7 Å². The number of hydrogen-bond acceptors (Lipinski definition) is 6. The van der Waals surface area contributed by atoms with E-state index in [1.165, 1.54) is 18.4 Å². The van der Waals surface area contributed by atoms with E-state index in [4.69, 9.17) is 9.15 Å². The van der Waals surface area contributed by atoms with Gasteiger partial charge in [-0.15, -0.1) is 5.10 Å². The Morgan fingerprint density at radius 2 is 1.92 bits per heavy atom. The van der Waals surface area contributed by atoms with Crippen molar-refractivity contribution >= 4 is 23.0 Å². The number of hydrogen-bond donors (Lipinski definition) is 0. The summed E-state index contributed by atoms with van der Waals surface area (Å²) in [7, 11) is -1.05. The molecule has 0 fully saturated rings. The number of alkyl halides is 3. The fourth-order valence-corrected chi connectivity index (χ4v) is 4.21. The van der Waals surface area contributed by atoms with E-state index in [1.54, 1.807) is 29.2 Å². The minimum absolute atomic E-state index is 0.0292. The van der Waals surface area contributed by atoms with Crippen LogP contribution in [0.3, 0.4) is 0 Å². The van der Waals surface area contributed by atoms with Crippen LogP contribution in [0.1, 0.15) is 28.3 Å². The van der Waals surface area contributed by atoms with Crippen LogP contribution in [0, 0.1) is 5.82 Å². The molecule has 1 unspecified atom stereocenters. The van der Waals surface area contributed by atoms with Gasteiger partial charge in [0.05, 0.1) is 18.3 Å². The maximum atomic E-state index is 13.9. The normalized spacial score (nSPS) is 12.8. The van der Waals surface area contributed by atoms with Gasteiger partial charge in [0.1, 0.15) is 30.1 Å². The van der Waals surface area contributed by atoms with Crippen LogP contribution in [0.25, 0.3) is 12.2 Å². The molecule has 12 heteroatoms. The van der Waals surface area contributed by atoms with E-state index in [9.17, 15) is 21.8 Å².